The maximum absolute atomic E-state index is 11.1. The first-order chi connectivity index (χ1) is 5.61. The van der Waals surface area contributed by atoms with E-state index in [9.17, 15) is 4.79 Å². The molecule has 3 heteroatoms. The minimum absolute atomic E-state index is 0.0611. The van der Waals surface area contributed by atoms with E-state index in [0.717, 1.165) is 6.42 Å². The number of ether oxygens (including phenoxy) is 1. The Balaban J connectivity index is 3.79. The van der Waals surface area contributed by atoms with Crippen molar-refractivity contribution < 1.29 is 14.6 Å². The van der Waals surface area contributed by atoms with Crippen LogP contribution in [-0.4, -0.2) is 23.8 Å². The summed E-state index contributed by atoms with van der Waals surface area (Å²) in [5, 5.41) is 8.51. The Morgan fingerprint density at radius 1 is 1.67 bits per heavy atom. The van der Waals surface area contributed by atoms with Crippen molar-refractivity contribution in [2.75, 3.05) is 6.61 Å². The second-order valence-electron chi connectivity index (χ2n) is 2.70. The largest absolute Gasteiger partial charge is 0.459 e. The monoisotopic (exact) mass is 172 g/mol. The third-order valence-corrected chi connectivity index (χ3v) is 1.59. The average Bonchev–Trinajstić information content (AvgIpc) is 2.04. The van der Waals surface area contributed by atoms with Gasteiger partial charge in [-0.1, -0.05) is 13.5 Å². The zero-order chi connectivity index (χ0) is 9.56. The van der Waals surface area contributed by atoms with Gasteiger partial charge in [-0.15, -0.1) is 0 Å². The van der Waals surface area contributed by atoms with Gasteiger partial charge in [-0.25, -0.2) is 4.79 Å². The molecule has 0 aromatic rings. The third-order valence-electron chi connectivity index (χ3n) is 1.59. The average molecular weight is 172 g/mol. The molecule has 0 aliphatic rings. The van der Waals surface area contributed by atoms with Gasteiger partial charge in [0.15, 0.2) is 0 Å². The molecule has 0 aromatic carbocycles. The smallest absolute Gasteiger partial charge is 0.333 e. The number of carbonyl (C=O) groups excluding carboxylic acids is 1. The molecule has 0 heterocycles. The molecule has 0 fully saturated rings. The van der Waals surface area contributed by atoms with Crippen LogP contribution in [0.4, 0.5) is 0 Å². The Kier molecular flexibility index (Phi) is 5.37. The summed E-state index contributed by atoms with van der Waals surface area (Å²) in [5.41, 5.74) is 0.331. The highest BCUT2D eigenvalue weighted by atomic mass is 16.5. The van der Waals surface area contributed by atoms with Gasteiger partial charge in [0.05, 0.1) is 6.10 Å². The lowest BCUT2D eigenvalue weighted by molar-refractivity contribution is -0.143. The van der Waals surface area contributed by atoms with E-state index < -0.39 is 5.97 Å². The third kappa shape index (κ3) is 4.13. The van der Waals surface area contributed by atoms with Gasteiger partial charge in [0.1, 0.15) is 0 Å². The van der Waals surface area contributed by atoms with Crippen LogP contribution in [0.5, 0.6) is 0 Å². The van der Waals surface area contributed by atoms with Crippen molar-refractivity contribution >= 4 is 5.97 Å². The van der Waals surface area contributed by atoms with E-state index >= 15 is 0 Å². The first-order valence-corrected chi connectivity index (χ1v) is 4.11. The molecule has 0 saturated carbocycles. The highest BCUT2D eigenvalue weighted by Gasteiger charge is 2.10. The summed E-state index contributed by atoms with van der Waals surface area (Å²) in [7, 11) is 0. The maximum atomic E-state index is 11.1. The van der Waals surface area contributed by atoms with Crippen molar-refractivity contribution in [3.63, 3.8) is 0 Å². The van der Waals surface area contributed by atoms with E-state index in [2.05, 4.69) is 6.58 Å². The van der Waals surface area contributed by atoms with Gasteiger partial charge in [0.25, 0.3) is 0 Å². The molecule has 0 bridgehead atoms. The molecule has 3 nitrogen and oxygen atoms in total. The Morgan fingerprint density at radius 2 is 2.25 bits per heavy atom. The predicted octanol–water partition coefficient (Wildman–Crippen LogP) is 1.27. The predicted molar refractivity (Wildman–Crippen MR) is 46.7 cm³/mol. The molecule has 1 atom stereocenters. The van der Waals surface area contributed by atoms with Crippen LogP contribution in [0.3, 0.4) is 0 Å². The summed E-state index contributed by atoms with van der Waals surface area (Å²) in [6.45, 7) is 7.20. The molecule has 0 aliphatic carbocycles. The zero-order valence-electron chi connectivity index (χ0n) is 7.67. The number of aliphatic hydroxyl groups excluding tert-OH is 1. The van der Waals surface area contributed by atoms with E-state index in [0.29, 0.717) is 5.57 Å². The minimum atomic E-state index is -0.404. The SMILES string of the molecule is C=C(CCO)C(=O)OC(C)CC. The summed E-state index contributed by atoms with van der Waals surface area (Å²) in [6, 6.07) is 0. The quantitative estimate of drug-likeness (QED) is 0.501. The Morgan fingerprint density at radius 3 is 2.67 bits per heavy atom. The Labute approximate surface area is 73.0 Å². The Bertz CT molecular complexity index is 163. The standard InChI is InChI=1S/C9H16O3/c1-4-8(3)12-9(11)7(2)5-6-10/h8,10H,2,4-6H2,1,3H3. The van der Waals surface area contributed by atoms with E-state index in [4.69, 9.17) is 9.84 Å². The molecule has 0 radical (unpaired) electrons. The first kappa shape index (κ1) is 11.2. The van der Waals surface area contributed by atoms with Crippen molar-refractivity contribution in [1.82, 2.24) is 0 Å². The van der Waals surface area contributed by atoms with Gasteiger partial charge in [0.2, 0.25) is 0 Å². The maximum Gasteiger partial charge on any atom is 0.333 e. The van der Waals surface area contributed by atoms with Crippen LogP contribution in [0.1, 0.15) is 26.7 Å². The number of rotatable bonds is 5. The van der Waals surface area contributed by atoms with Crippen LogP contribution in [-0.2, 0) is 9.53 Å². The molecule has 12 heavy (non-hydrogen) atoms. The number of hydrogen-bond donors (Lipinski definition) is 1. The van der Waals surface area contributed by atoms with E-state index in [-0.39, 0.29) is 19.1 Å². The van der Waals surface area contributed by atoms with Crippen LogP contribution in [0.2, 0.25) is 0 Å². The van der Waals surface area contributed by atoms with Gasteiger partial charge < -0.3 is 9.84 Å². The van der Waals surface area contributed by atoms with E-state index in [1.165, 1.54) is 0 Å². The molecule has 70 valence electrons. The summed E-state index contributed by atoms with van der Waals surface area (Å²) in [4.78, 5) is 11.1. The van der Waals surface area contributed by atoms with Crippen molar-refractivity contribution in [3.05, 3.63) is 12.2 Å². The second kappa shape index (κ2) is 5.77. The van der Waals surface area contributed by atoms with Gasteiger partial charge in [0, 0.05) is 18.6 Å². The molecule has 0 rings (SSSR count). The first-order valence-electron chi connectivity index (χ1n) is 4.11. The number of esters is 1. The van der Waals surface area contributed by atoms with Gasteiger partial charge >= 0.3 is 5.97 Å². The van der Waals surface area contributed by atoms with Gasteiger partial charge in [-0.2, -0.15) is 0 Å². The zero-order valence-corrected chi connectivity index (χ0v) is 7.67. The lowest BCUT2D eigenvalue weighted by Crippen LogP contribution is -2.15. The van der Waals surface area contributed by atoms with Gasteiger partial charge in [-0.3, -0.25) is 0 Å². The number of aliphatic hydroxyl groups is 1. The molecular weight excluding hydrogens is 156 g/mol. The van der Waals surface area contributed by atoms with Crippen molar-refractivity contribution in [3.8, 4) is 0 Å². The van der Waals surface area contributed by atoms with Crippen molar-refractivity contribution in [2.45, 2.75) is 32.8 Å². The fraction of sp³-hybridized carbons (Fsp3) is 0.667. The van der Waals surface area contributed by atoms with Crippen molar-refractivity contribution in [1.29, 1.82) is 0 Å². The number of hydrogen-bond acceptors (Lipinski definition) is 3. The summed E-state index contributed by atoms with van der Waals surface area (Å²) in [5.74, 6) is -0.404. The molecule has 0 saturated heterocycles. The van der Waals surface area contributed by atoms with Crippen LogP contribution in [0.15, 0.2) is 12.2 Å². The van der Waals surface area contributed by atoms with Crippen molar-refractivity contribution in [2.24, 2.45) is 0 Å². The molecule has 0 aliphatic heterocycles. The fourth-order valence-electron chi connectivity index (χ4n) is 0.586. The van der Waals surface area contributed by atoms with Crippen LogP contribution >= 0.6 is 0 Å². The van der Waals surface area contributed by atoms with Crippen LogP contribution in [0, 0.1) is 0 Å². The number of carbonyl (C=O) groups is 1. The second-order valence-corrected chi connectivity index (χ2v) is 2.70. The van der Waals surface area contributed by atoms with E-state index in [1.54, 1.807) is 0 Å². The van der Waals surface area contributed by atoms with Crippen LogP contribution in [0.25, 0.3) is 0 Å². The molecule has 0 amide bonds. The molecule has 1 N–H and O–H groups in total. The normalized spacial score (nSPS) is 12.2. The highest BCUT2D eigenvalue weighted by molar-refractivity contribution is 5.87. The molecule has 0 spiro atoms. The summed E-state index contributed by atoms with van der Waals surface area (Å²) in [6.07, 6.45) is 1.00. The summed E-state index contributed by atoms with van der Waals surface area (Å²) < 4.78 is 4.96. The Hall–Kier alpha value is -0.830. The molecular formula is C9H16O3. The lowest BCUT2D eigenvalue weighted by Gasteiger charge is -2.11. The van der Waals surface area contributed by atoms with E-state index in [1.807, 2.05) is 13.8 Å². The van der Waals surface area contributed by atoms with Crippen LogP contribution < -0.4 is 0 Å². The molecule has 0 aromatic heterocycles. The topological polar surface area (TPSA) is 46.5 Å². The fourth-order valence-corrected chi connectivity index (χ4v) is 0.586. The lowest BCUT2D eigenvalue weighted by atomic mass is 10.2. The highest BCUT2D eigenvalue weighted by Crippen LogP contribution is 2.04. The van der Waals surface area contributed by atoms with Gasteiger partial charge in [-0.05, 0) is 13.3 Å². The minimum Gasteiger partial charge on any atom is -0.459 e. The summed E-state index contributed by atoms with van der Waals surface area (Å²) >= 11 is 0. The molecule has 1 unspecified atom stereocenters.